The van der Waals surface area contributed by atoms with E-state index in [-0.39, 0.29) is 0 Å². The van der Waals surface area contributed by atoms with Gasteiger partial charge in [-0.25, -0.2) is 4.98 Å². The number of nitrogens with one attached hydrogen (secondary N) is 2. The topological polar surface area (TPSA) is 79.1 Å². The molecule has 2 fully saturated rings. The minimum absolute atomic E-state index is 0.374. The summed E-state index contributed by atoms with van der Waals surface area (Å²) in [6.45, 7) is 2.76. The molecule has 0 spiro atoms. The summed E-state index contributed by atoms with van der Waals surface area (Å²) < 4.78 is 0. The van der Waals surface area contributed by atoms with Crippen molar-refractivity contribution in [3.05, 3.63) is 11.8 Å². The fourth-order valence-electron chi connectivity index (χ4n) is 2.98. The van der Waals surface area contributed by atoms with Crippen LogP contribution in [0.2, 0.25) is 0 Å². The van der Waals surface area contributed by atoms with Gasteiger partial charge < -0.3 is 21.3 Å². The maximum absolute atomic E-state index is 5.83. The van der Waals surface area contributed by atoms with Crippen molar-refractivity contribution < 1.29 is 0 Å². The van der Waals surface area contributed by atoms with Gasteiger partial charge in [0.05, 0.1) is 5.69 Å². The van der Waals surface area contributed by atoms with Gasteiger partial charge in [-0.15, -0.1) is 0 Å². The highest BCUT2D eigenvalue weighted by Gasteiger charge is 2.26. The zero-order valence-electron chi connectivity index (χ0n) is 12.1. The Morgan fingerprint density at radius 1 is 1.25 bits per heavy atom. The van der Waals surface area contributed by atoms with Crippen molar-refractivity contribution in [1.82, 2.24) is 20.6 Å². The Balaban J connectivity index is 1.61. The molecule has 110 valence electrons. The van der Waals surface area contributed by atoms with Crippen molar-refractivity contribution in [1.29, 1.82) is 0 Å². The number of rotatable bonds is 5. The summed E-state index contributed by atoms with van der Waals surface area (Å²) in [4.78, 5) is 10.9. The van der Waals surface area contributed by atoms with Crippen LogP contribution in [0.15, 0.2) is 6.07 Å². The van der Waals surface area contributed by atoms with Crippen molar-refractivity contribution in [3.63, 3.8) is 0 Å². The first-order valence-electron chi connectivity index (χ1n) is 7.53. The number of aromatic nitrogens is 2. The maximum Gasteiger partial charge on any atom is 0.222 e. The summed E-state index contributed by atoms with van der Waals surface area (Å²) in [7, 11) is 1.99. The Labute approximate surface area is 120 Å². The van der Waals surface area contributed by atoms with Crippen LogP contribution in [0.3, 0.4) is 0 Å². The second-order valence-corrected chi connectivity index (χ2v) is 5.83. The van der Waals surface area contributed by atoms with Crippen LogP contribution in [0.5, 0.6) is 0 Å². The van der Waals surface area contributed by atoms with Gasteiger partial charge in [-0.2, -0.15) is 4.98 Å². The third kappa shape index (κ3) is 3.02. The van der Waals surface area contributed by atoms with E-state index in [4.69, 9.17) is 5.73 Å². The molecule has 6 nitrogen and oxygen atoms in total. The van der Waals surface area contributed by atoms with Gasteiger partial charge in [0.1, 0.15) is 5.82 Å². The largest absolute Gasteiger partial charge is 0.368 e. The second-order valence-electron chi connectivity index (χ2n) is 5.83. The molecule has 1 saturated carbocycles. The van der Waals surface area contributed by atoms with Crippen molar-refractivity contribution in [2.75, 3.05) is 30.8 Å². The maximum atomic E-state index is 5.83. The molecule has 0 amide bonds. The highest BCUT2D eigenvalue weighted by Crippen LogP contribution is 2.21. The number of nitrogen functional groups attached to an aromatic ring is 1. The molecular formula is C14H24N6. The van der Waals surface area contributed by atoms with Gasteiger partial charge in [-0.1, -0.05) is 12.8 Å². The number of nitrogens with zero attached hydrogens (tertiary/aromatic N) is 3. The second kappa shape index (κ2) is 5.93. The lowest BCUT2D eigenvalue weighted by molar-refractivity contribution is 0.446. The predicted molar refractivity (Wildman–Crippen MR) is 80.6 cm³/mol. The summed E-state index contributed by atoms with van der Waals surface area (Å²) in [5.74, 6) is 1.32. The van der Waals surface area contributed by atoms with Crippen LogP contribution in [-0.4, -0.2) is 42.2 Å². The van der Waals surface area contributed by atoms with E-state index >= 15 is 0 Å². The molecule has 1 aromatic rings. The normalized spacial score (nSPS) is 20.4. The molecule has 3 rings (SSSR count). The van der Waals surface area contributed by atoms with Crippen molar-refractivity contribution in [2.24, 2.45) is 0 Å². The molecule has 0 atom stereocenters. The minimum atomic E-state index is 0.374. The van der Waals surface area contributed by atoms with Gasteiger partial charge in [-0.05, 0) is 19.9 Å². The molecule has 1 aliphatic carbocycles. The highest BCUT2D eigenvalue weighted by atomic mass is 15.3. The van der Waals surface area contributed by atoms with Crippen molar-refractivity contribution in [3.8, 4) is 0 Å². The number of hydrogen-bond acceptors (Lipinski definition) is 6. The van der Waals surface area contributed by atoms with Crippen LogP contribution in [0.4, 0.5) is 11.8 Å². The fourth-order valence-corrected chi connectivity index (χ4v) is 2.98. The zero-order chi connectivity index (χ0) is 13.9. The predicted octanol–water partition coefficient (Wildman–Crippen LogP) is 0.499. The molecule has 2 aliphatic rings. The fraction of sp³-hybridized carbons (Fsp3) is 0.714. The van der Waals surface area contributed by atoms with E-state index in [2.05, 4.69) is 31.6 Å². The number of anilines is 2. The van der Waals surface area contributed by atoms with Crippen LogP contribution in [0, 0.1) is 0 Å². The van der Waals surface area contributed by atoms with Crippen LogP contribution < -0.4 is 21.3 Å². The van der Waals surface area contributed by atoms with E-state index in [0.717, 1.165) is 31.1 Å². The minimum Gasteiger partial charge on any atom is -0.368 e. The van der Waals surface area contributed by atoms with E-state index in [9.17, 15) is 0 Å². The first kappa shape index (κ1) is 13.6. The van der Waals surface area contributed by atoms with Crippen molar-refractivity contribution >= 4 is 11.8 Å². The van der Waals surface area contributed by atoms with Gasteiger partial charge in [0, 0.05) is 37.8 Å². The van der Waals surface area contributed by atoms with Crippen LogP contribution in [0.25, 0.3) is 0 Å². The molecule has 0 bridgehead atoms. The lowest BCUT2D eigenvalue weighted by atomic mass is 10.1. The first-order chi connectivity index (χ1) is 9.74. The van der Waals surface area contributed by atoms with Crippen LogP contribution in [-0.2, 0) is 6.54 Å². The van der Waals surface area contributed by atoms with Gasteiger partial charge in [0.15, 0.2) is 0 Å². The quantitative estimate of drug-likeness (QED) is 0.727. The van der Waals surface area contributed by atoms with Gasteiger partial charge in [-0.3, -0.25) is 0 Å². The third-order valence-corrected chi connectivity index (χ3v) is 4.32. The Morgan fingerprint density at radius 3 is 2.70 bits per heavy atom. The average Bonchev–Trinajstić information content (AvgIpc) is 2.88. The molecule has 4 N–H and O–H groups in total. The van der Waals surface area contributed by atoms with E-state index in [1.807, 2.05) is 7.05 Å². The molecule has 0 aromatic carbocycles. The average molecular weight is 276 g/mol. The zero-order valence-corrected chi connectivity index (χ0v) is 12.1. The van der Waals surface area contributed by atoms with Gasteiger partial charge >= 0.3 is 0 Å². The van der Waals surface area contributed by atoms with Gasteiger partial charge in [0.2, 0.25) is 5.95 Å². The van der Waals surface area contributed by atoms with E-state index in [1.54, 1.807) is 0 Å². The molecule has 1 aliphatic heterocycles. The number of hydrogen-bond donors (Lipinski definition) is 3. The number of nitrogens with two attached hydrogens (primary N) is 1. The molecule has 6 heteroatoms. The molecule has 1 aromatic heterocycles. The molecule has 0 unspecified atom stereocenters. The lowest BCUT2D eigenvalue weighted by Gasteiger charge is -2.40. The molecule has 0 radical (unpaired) electrons. The molecule has 1 saturated heterocycles. The van der Waals surface area contributed by atoms with Crippen LogP contribution >= 0.6 is 0 Å². The summed E-state index contributed by atoms with van der Waals surface area (Å²) in [6.07, 6.45) is 5.24. The smallest absolute Gasteiger partial charge is 0.222 e. The third-order valence-electron chi connectivity index (χ3n) is 4.32. The SMILES string of the molecule is CNC1CN(c2cc(CNC3CCCC3)nc(N)n2)C1. The van der Waals surface area contributed by atoms with E-state index in [1.165, 1.54) is 25.7 Å². The van der Waals surface area contributed by atoms with Gasteiger partial charge in [0.25, 0.3) is 0 Å². The molecule has 20 heavy (non-hydrogen) atoms. The summed E-state index contributed by atoms with van der Waals surface area (Å²) >= 11 is 0. The monoisotopic (exact) mass is 276 g/mol. The first-order valence-corrected chi connectivity index (χ1v) is 7.53. The van der Waals surface area contributed by atoms with E-state index in [0.29, 0.717) is 18.0 Å². The summed E-state index contributed by atoms with van der Waals surface area (Å²) in [6, 6.07) is 3.27. The summed E-state index contributed by atoms with van der Waals surface area (Å²) in [5.41, 5.74) is 6.83. The Hall–Kier alpha value is -1.40. The molecule has 2 heterocycles. The molecular weight excluding hydrogens is 252 g/mol. The summed E-state index contributed by atoms with van der Waals surface area (Å²) in [5, 5.41) is 6.83. The van der Waals surface area contributed by atoms with Crippen molar-refractivity contribution in [2.45, 2.75) is 44.3 Å². The van der Waals surface area contributed by atoms with Crippen LogP contribution in [0.1, 0.15) is 31.4 Å². The standard InChI is InChI=1S/C14H24N6/c1-16-12-8-20(9-12)13-6-11(18-14(15)19-13)7-17-10-4-2-3-5-10/h6,10,12,16-17H,2-5,7-9H2,1H3,(H2,15,18,19). The van der Waals surface area contributed by atoms with E-state index < -0.39 is 0 Å². The Kier molecular flexibility index (Phi) is 4.03. The Bertz CT molecular complexity index is 451. The lowest BCUT2D eigenvalue weighted by Crippen LogP contribution is -2.57. The number of likely N-dealkylation sites (N-methyl/N-ethyl adjacent to an activating group) is 1. The highest BCUT2D eigenvalue weighted by molar-refractivity contribution is 5.46. The Morgan fingerprint density at radius 2 is 2.00 bits per heavy atom.